The van der Waals surface area contributed by atoms with Crippen LogP contribution in [0.15, 0.2) is 31.0 Å². The summed E-state index contributed by atoms with van der Waals surface area (Å²) in [5, 5.41) is 4.16. The Morgan fingerprint density at radius 1 is 1.40 bits per heavy atom. The lowest BCUT2D eigenvalue weighted by molar-refractivity contribution is -0.140. The number of fused-ring (bicyclic) bond motifs is 1. The van der Waals surface area contributed by atoms with Crippen molar-refractivity contribution in [2.75, 3.05) is 0 Å². The minimum Gasteiger partial charge on any atom is -0.329 e. The van der Waals surface area contributed by atoms with Crippen LogP contribution in [-0.4, -0.2) is 36.6 Å². The second-order valence-corrected chi connectivity index (χ2v) is 6.72. The summed E-state index contributed by atoms with van der Waals surface area (Å²) in [7, 11) is 0. The average Bonchev–Trinajstić information content (AvgIpc) is 3.19. The van der Waals surface area contributed by atoms with E-state index in [0.717, 1.165) is 37.8 Å². The van der Waals surface area contributed by atoms with Gasteiger partial charge < -0.3 is 4.90 Å². The fourth-order valence-corrected chi connectivity index (χ4v) is 3.87. The van der Waals surface area contributed by atoms with Crippen LogP contribution in [0.3, 0.4) is 0 Å². The zero-order chi connectivity index (χ0) is 17.8. The molecule has 2 atom stereocenters. The quantitative estimate of drug-likeness (QED) is 0.808. The molecule has 1 aliphatic carbocycles. The second kappa shape index (κ2) is 7.76. The summed E-state index contributed by atoms with van der Waals surface area (Å²) in [5.74, 6) is 0.0997. The topological polar surface area (TPSA) is 63.9 Å². The third-order valence-electron chi connectivity index (χ3n) is 5.28. The molecule has 0 aliphatic heterocycles. The predicted molar refractivity (Wildman–Crippen MR) is 95.9 cm³/mol. The van der Waals surface area contributed by atoms with Crippen LogP contribution in [0.25, 0.3) is 0 Å². The van der Waals surface area contributed by atoms with Gasteiger partial charge in [-0.25, -0.2) is 9.67 Å². The molecule has 0 aromatic carbocycles. The molecule has 1 aliphatic rings. The molecule has 0 fully saturated rings. The van der Waals surface area contributed by atoms with Gasteiger partial charge in [0.15, 0.2) is 0 Å². The van der Waals surface area contributed by atoms with Gasteiger partial charge in [-0.3, -0.25) is 9.78 Å². The highest BCUT2D eigenvalue weighted by Crippen LogP contribution is 2.36. The summed E-state index contributed by atoms with van der Waals surface area (Å²) >= 11 is 0. The van der Waals surface area contributed by atoms with Gasteiger partial charge in [0, 0.05) is 12.2 Å². The lowest BCUT2D eigenvalue weighted by atomic mass is 9.89. The molecule has 6 heteroatoms. The van der Waals surface area contributed by atoms with Gasteiger partial charge in [0.25, 0.3) is 0 Å². The van der Waals surface area contributed by atoms with Gasteiger partial charge in [0.2, 0.25) is 5.91 Å². The van der Waals surface area contributed by atoms with Crippen molar-refractivity contribution in [2.24, 2.45) is 0 Å². The van der Waals surface area contributed by atoms with E-state index in [2.05, 4.69) is 39.9 Å². The van der Waals surface area contributed by atoms with Gasteiger partial charge in [-0.2, -0.15) is 5.10 Å². The van der Waals surface area contributed by atoms with Crippen molar-refractivity contribution in [1.82, 2.24) is 24.6 Å². The van der Waals surface area contributed by atoms with Gasteiger partial charge in [0.1, 0.15) is 18.7 Å². The van der Waals surface area contributed by atoms with E-state index in [-0.39, 0.29) is 24.0 Å². The van der Waals surface area contributed by atoms with Crippen LogP contribution in [-0.2, 0) is 11.2 Å². The van der Waals surface area contributed by atoms with Crippen LogP contribution in [0.5, 0.6) is 0 Å². The largest absolute Gasteiger partial charge is 0.329 e. The third kappa shape index (κ3) is 3.43. The molecular weight excluding hydrogens is 314 g/mol. The normalized spacial score (nSPS) is 18.0. The molecule has 6 nitrogen and oxygen atoms in total. The van der Waals surface area contributed by atoms with E-state index in [9.17, 15) is 4.79 Å². The molecule has 134 valence electrons. The fourth-order valence-electron chi connectivity index (χ4n) is 3.87. The highest BCUT2D eigenvalue weighted by molar-refractivity contribution is 5.80. The maximum atomic E-state index is 13.4. The molecule has 2 unspecified atom stereocenters. The molecule has 1 amide bonds. The number of rotatable bonds is 6. The van der Waals surface area contributed by atoms with Crippen LogP contribution >= 0.6 is 0 Å². The first kappa shape index (κ1) is 17.6. The van der Waals surface area contributed by atoms with E-state index in [1.165, 1.54) is 11.9 Å². The number of carbonyl (C=O) groups is 1. The Hall–Kier alpha value is -2.24. The molecule has 0 N–H and O–H groups in total. The summed E-state index contributed by atoms with van der Waals surface area (Å²) in [4.78, 5) is 24.1. The number of amides is 1. The van der Waals surface area contributed by atoms with Gasteiger partial charge in [-0.1, -0.05) is 19.9 Å². The maximum absolute atomic E-state index is 13.4. The van der Waals surface area contributed by atoms with Gasteiger partial charge in [-0.05, 0) is 50.7 Å². The van der Waals surface area contributed by atoms with E-state index >= 15 is 0 Å². The zero-order valence-electron chi connectivity index (χ0n) is 15.3. The lowest BCUT2D eigenvalue weighted by Crippen LogP contribution is -2.46. The molecule has 0 spiro atoms. The molecule has 0 bridgehead atoms. The summed E-state index contributed by atoms with van der Waals surface area (Å²) in [6.45, 7) is 6.20. The summed E-state index contributed by atoms with van der Waals surface area (Å²) in [6, 6.07) is 4.02. The number of carbonyl (C=O) groups excluding carboxylic acids is 1. The van der Waals surface area contributed by atoms with Crippen molar-refractivity contribution >= 4 is 5.91 Å². The Balaban J connectivity index is 1.97. The summed E-state index contributed by atoms with van der Waals surface area (Å²) in [6.07, 6.45) is 9.90. The van der Waals surface area contributed by atoms with Crippen LogP contribution in [0.1, 0.15) is 69.8 Å². The monoisotopic (exact) mass is 341 g/mol. The Labute approximate surface area is 149 Å². The van der Waals surface area contributed by atoms with E-state index in [1.807, 2.05) is 19.2 Å². The van der Waals surface area contributed by atoms with Crippen LogP contribution in [0.2, 0.25) is 0 Å². The second-order valence-electron chi connectivity index (χ2n) is 6.72. The highest BCUT2D eigenvalue weighted by Gasteiger charge is 2.36. The molecule has 0 saturated heterocycles. The molecular formula is C19H27N5O. The number of aromatic nitrogens is 4. The highest BCUT2D eigenvalue weighted by atomic mass is 16.2. The number of aryl methyl sites for hydroxylation is 1. The minimum absolute atomic E-state index is 0.0494. The van der Waals surface area contributed by atoms with Crippen LogP contribution in [0, 0.1) is 0 Å². The Kier molecular flexibility index (Phi) is 5.46. The third-order valence-corrected chi connectivity index (χ3v) is 5.28. The van der Waals surface area contributed by atoms with Crippen molar-refractivity contribution in [1.29, 1.82) is 0 Å². The van der Waals surface area contributed by atoms with E-state index < -0.39 is 0 Å². The maximum Gasteiger partial charge on any atom is 0.248 e. The molecule has 0 saturated carbocycles. The van der Waals surface area contributed by atoms with Crippen molar-refractivity contribution in [3.8, 4) is 0 Å². The molecule has 2 aromatic rings. The van der Waals surface area contributed by atoms with Crippen molar-refractivity contribution in [2.45, 2.75) is 71.0 Å². The van der Waals surface area contributed by atoms with Crippen molar-refractivity contribution in [3.63, 3.8) is 0 Å². The fraction of sp³-hybridized carbons (Fsp3) is 0.579. The van der Waals surface area contributed by atoms with Crippen molar-refractivity contribution in [3.05, 3.63) is 42.2 Å². The zero-order valence-corrected chi connectivity index (χ0v) is 15.3. The molecule has 2 aromatic heterocycles. The lowest BCUT2D eigenvalue weighted by Gasteiger charge is -2.41. The van der Waals surface area contributed by atoms with Crippen LogP contribution in [0.4, 0.5) is 0 Å². The number of hydrogen-bond acceptors (Lipinski definition) is 4. The molecule has 3 rings (SSSR count). The molecule has 2 heterocycles. The molecule has 0 radical (unpaired) electrons. The SMILES string of the molecule is CCC(CC)N(C(=O)C(C)n1cncn1)C1CCCc2cccnc21. The smallest absolute Gasteiger partial charge is 0.248 e. The minimum atomic E-state index is -0.364. The van der Waals surface area contributed by atoms with Gasteiger partial charge in [0.05, 0.1) is 11.7 Å². The average molecular weight is 341 g/mol. The first-order valence-electron chi connectivity index (χ1n) is 9.27. The first-order chi connectivity index (χ1) is 12.2. The van der Waals surface area contributed by atoms with Gasteiger partial charge in [-0.15, -0.1) is 0 Å². The van der Waals surface area contributed by atoms with E-state index in [0.29, 0.717) is 0 Å². The standard InChI is InChI=1S/C19H27N5O/c1-4-16(5-2)24(19(25)14(3)23-13-20-12-22-23)17-10-6-8-15-9-7-11-21-18(15)17/h7,9,11-14,16-17H,4-6,8,10H2,1-3H3. The van der Waals surface area contributed by atoms with Crippen molar-refractivity contribution < 1.29 is 4.79 Å². The summed E-state index contributed by atoms with van der Waals surface area (Å²) < 4.78 is 1.64. The number of hydrogen-bond donors (Lipinski definition) is 0. The van der Waals surface area contributed by atoms with E-state index in [4.69, 9.17) is 0 Å². The Morgan fingerprint density at radius 3 is 2.88 bits per heavy atom. The number of nitrogens with zero attached hydrogens (tertiary/aromatic N) is 5. The predicted octanol–water partition coefficient (Wildman–Crippen LogP) is 3.33. The number of pyridine rings is 1. The Bertz CT molecular complexity index is 696. The van der Waals surface area contributed by atoms with E-state index in [1.54, 1.807) is 11.0 Å². The molecule has 25 heavy (non-hydrogen) atoms. The van der Waals surface area contributed by atoms with Crippen LogP contribution < -0.4 is 0 Å². The first-order valence-corrected chi connectivity index (χ1v) is 9.27. The van der Waals surface area contributed by atoms with Gasteiger partial charge >= 0.3 is 0 Å². The summed E-state index contributed by atoms with van der Waals surface area (Å²) in [5.41, 5.74) is 2.34. The Morgan fingerprint density at radius 2 is 2.20 bits per heavy atom.